The van der Waals surface area contributed by atoms with Gasteiger partial charge in [-0.3, -0.25) is 10.0 Å². The lowest BCUT2D eigenvalue weighted by atomic mass is 9.92. The molecule has 4 heteroatoms. The average Bonchev–Trinajstić information content (AvgIpc) is 3.08. The molecular weight excluding hydrogens is 314 g/mol. The summed E-state index contributed by atoms with van der Waals surface area (Å²) in [6.07, 6.45) is 9.55. The summed E-state index contributed by atoms with van der Waals surface area (Å²) in [4.78, 5) is 11.0. The summed E-state index contributed by atoms with van der Waals surface area (Å²) in [5.74, 6) is 1.61. The van der Waals surface area contributed by atoms with Crippen molar-refractivity contribution < 1.29 is 14.4 Å². The van der Waals surface area contributed by atoms with Crippen LogP contribution in [-0.4, -0.2) is 11.1 Å². The number of benzene rings is 1. The van der Waals surface area contributed by atoms with E-state index < -0.39 is 5.91 Å². The predicted octanol–water partition coefficient (Wildman–Crippen LogP) is 4.78. The lowest BCUT2D eigenvalue weighted by Gasteiger charge is -2.14. The molecule has 1 unspecified atom stereocenters. The highest BCUT2D eigenvalue weighted by atomic mass is 16.5. The van der Waals surface area contributed by atoms with Crippen LogP contribution < -0.4 is 5.48 Å². The topological polar surface area (TPSA) is 62.5 Å². The number of rotatable bonds is 10. The molecule has 2 N–H and O–H groups in total. The molecule has 25 heavy (non-hydrogen) atoms. The summed E-state index contributed by atoms with van der Waals surface area (Å²) in [6, 6.07) is 14.4. The van der Waals surface area contributed by atoms with Crippen molar-refractivity contribution >= 4 is 12.0 Å². The minimum atomic E-state index is -0.567. The van der Waals surface area contributed by atoms with Crippen LogP contribution in [-0.2, 0) is 17.6 Å². The van der Waals surface area contributed by atoms with Gasteiger partial charge in [0.05, 0.1) is 0 Å². The van der Waals surface area contributed by atoms with Crippen LogP contribution in [0, 0.1) is 5.92 Å². The van der Waals surface area contributed by atoms with E-state index in [0.717, 1.165) is 18.6 Å². The third-order valence-corrected chi connectivity index (χ3v) is 4.30. The third kappa shape index (κ3) is 6.98. The fourth-order valence-electron chi connectivity index (χ4n) is 3.07. The lowest BCUT2D eigenvalue weighted by molar-refractivity contribution is -0.124. The number of hydrogen-bond acceptors (Lipinski definition) is 3. The van der Waals surface area contributed by atoms with Crippen molar-refractivity contribution in [2.75, 3.05) is 0 Å². The van der Waals surface area contributed by atoms with Crippen LogP contribution in [0.15, 0.2) is 53.0 Å². The van der Waals surface area contributed by atoms with Crippen LogP contribution in [0.25, 0.3) is 6.08 Å². The van der Waals surface area contributed by atoms with Crippen LogP contribution in [0.5, 0.6) is 0 Å². The van der Waals surface area contributed by atoms with Crippen LogP contribution in [0.2, 0.25) is 0 Å². The van der Waals surface area contributed by atoms with Gasteiger partial charge in [0.15, 0.2) is 0 Å². The Morgan fingerprint density at radius 1 is 1.20 bits per heavy atom. The molecule has 0 radical (unpaired) electrons. The average molecular weight is 341 g/mol. The highest BCUT2D eigenvalue weighted by molar-refractivity contribution is 5.90. The first kappa shape index (κ1) is 19.0. The van der Waals surface area contributed by atoms with Crippen LogP contribution in [0.4, 0.5) is 0 Å². The summed E-state index contributed by atoms with van der Waals surface area (Å²) >= 11 is 0. The van der Waals surface area contributed by atoms with Gasteiger partial charge >= 0.3 is 0 Å². The zero-order valence-corrected chi connectivity index (χ0v) is 14.8. The van der Waals surface area contributed by atoms with E-state index in [1.54, 1.807) is 11.6 Å². The second-order valence-electron chi connectivity index (χ2n) is 6.35. The van der Waals surface area contributed by atoms with Gasteiger partial charge in [-0.25, -0.2) is 5.48 Å². The van der Waals surface area contributed by atoms with Gasteiger partial charge in [0.1, 0.15) is 11.5 Å². The van der Waals surface area contributed by atoms with Crippen LogP contribution in [0.1, 0.15) is 49.7 Å². The molecule has 0 aliphatic heterocycles. The first-order chi connectivity index (χ1) is 12.2. The lowest BCUT2D eigenvalue weighted by Crippen LogP contribution is -2.14. The van der Waals surface area contributed by atoms with Crippen molar-refractivity contribution in [3.05, 3.63) is 65.6 Å². The SMILES string of the molecule is CCCC(CCCc1ccccc1)Cc1ccc(/C=C/C(=O)NO)o1. The molecule has 1 atom stereocenters. The number of amides is 1. The van der Waals surface area contributed by atoms with Crippen LogP contribution >= 0.6 is 0 Å². The van der Waals surface area contributed by atoms with E-state index in [0.29, 0.717) is 11.7 Å². The van der Waals surface area contributed by atoms with Crippen molar-refractivity contribution in [2.45, 2.75) is 45.4 Å². The molecule has 0 aliphatic carbocycles. The Kier molecular flexibility index (Phi) is 7.99. The molecule has 1 aromatic heterocycles. The molecule has 1 aromatic carbocycles. The fourth-order valence-corrected chi connectivity index (χ4v) is 3.07. The normalized spacial score (nSPS) is 12.4. The summed E-state index contributed by atoms with van der Waals surface area (Å²) in [6.45, 7) is 2.22. The molecule has 2 aromatic rings. The van der Waals surface area contributed by atoms with Gasteiger partial charge in [-0.1, -0.05) is 50.1 Å². The van der Waals surface area contributed by atoms with Crippen LogP contribution in [0.3, 0.4) is 0 Å². The van der Waals surface area contributed by atoms with E-state index in [1.165, 1.54) is 37.3 Å². The Morgan fingerprint density at radius 2 is 2.00 bits per heavy atom. The second-order valence-corrected chi connectivity index (χ2v) is 6.35. The highest BCUT2D eigenvalue weighted by Crippen LogP contribution is 2.22. The van der Waals surface area contributed by atoms with Gasteiger partial charge in [0, 0.05) is 12.5 Å². The smallest absolute Gasteiger partial charge is 0.267 e. The number of hydrogen-bond donors (Lipinski definition) is 2. The molecule has 1 heterocycles. The Bertz CT molecular complexity index is 661. The monoisotopic (exact) mass is 341 g/mol. The van der Waals surface area contributed by atoms with E-state index in [4.69, 9.17) is 9.62 Å². The van der Waals surface area contributed by atoms with Crippen molar-refractivity contribution in [3.63, 3.8) is 0 Å². The molecule has 0 fully saturated rings. The summed E-state index contributed by atoms with van der Waals surface area (Å²) in [7, 11) is 0. The standard InChI is InChI=1S/C21H27NO3/c1-2-7-18(11-6-10-17-8-4-3-5-9-17)16-20-13-12-19(25-20)14-15-21(23)22-24/h3-5,8-9,12-15,18,24H,2,6-7,10-11,16H2,1H3,(H,22,23)/b15-14+. The number of aryl methyl sites for hydroxylation is 1. The Hall–Kier alpha value is -2.33. The van der Waals surface area contributed by atoms with Gasteiger partial charge in [0.2, 0.25) is 0 Å². The van der Waals surface area contributed by atoms with Gasteiger partial charge < -0.3 is 4.42 Å². The van der Waals surface area contributed by atoms with Crippen molar-refractivity contribution in [1.82, 2.24) is 5.48 Å². The molecule has 134 valence electrons. The maximum absolute atomic E-state index is 11.0. The molecule has 0 spiro atoms. The Labute approximate surface area is 149 Å². The van der Waals surface area contributed by atoms with Gasteiger partial charge in [-0.15, -0.1) is 0 Å². The highest BCUT2D eigenvalue weighted by Gasteiger charge is 2.11. The Morgan fingerprint density at radius 3 is 2.72 bits per heavy atom. The first-order valence-corrected chi connectivity index (χ1v) is 8.96. The number of furan rings is 1. The number of hydroxylamine groups is 1. The van der Waals surface area contributed by atoms with E-state index in [9.17, 15) is 4.79 Å². The van der Waals surface area contributed by atoms with Crippen molar-refractivity contribution in [3.8, 4) is 0 Å². The first-order valence-electron chi connectivity index (χ1n) is 8.96. The maximum atomic E-state index is 11.0. The molecule has 0 saturated carbocycles. The van der Waals surface area contributed by atoms with E-state index in [2.05, 4.69) is 37.3 Å². The van der Waals surface area contributed by atoms with E-state index >= 15 is 0 Å². The number of carbonyl (C=O) groups is 1. The molecule has 0 aliphatic rings. The Balaban J connectivity index is 1.85. The van der Waals surface area contributed by atoms with E-state index in [1.807, 2.05) is 12.1 Å². The van der Waals surface area contributed by atoms with Gasteiger partial charge in [0.25, 0.3) is 5.91 Å². The zero-order chi connectivity index (χ0) is 17.9. The fraction of sp³-hybridized carbons (Fsp3) is 0.381. The largest absolute Gasteiger partial charge is 0.462 e. The minimum absolute atomic E-state index is 0.567. The number of nitrogens with one attached hydrogen (secondary N) is 1. The quantitative estimate of drug-likeness (QED) is 0.371. The number of carbonyl (C=O) groups excluding carboxylic acids is 1. The second kappa shape index (κ2) is 10.5. The van der Waals surface area contributed by atoms with Gasteiger partial charge in [-0.2, -0.15) is 0 Å². The van der Waals surface area contributed by atoms with Crippen molar-refractivity contribution in [2.24, 2.45) is 5.92 Å². The van der Waals surface area contributed by atoms with E-state index in [-0.39, 0.29) is 0 Å². The molecule has 4 nitrogen and oxygen atoms in total. The third-order valence-electron chi connectivity index (χ3n) is 4.30. The maximum Gasteiger partial charge on any atom is 0.267 e. The molecular formula is C21H27NO3. The zero-order valence-electron chi connectivity index (χ0n) is 14.8. The predicted molar refractivity (Wildman–Crippen MR) is 99.2 cm³/mol. The minimum Gasteiger partial charge on any atom is -0.462 e. The molecule has 2 rings (SSSR count). The summed E-state index contributed by atoms with van der Waals surface area (Å²) in [5.41, 5.74) is 2.95. The van der Waals surface area contributed by atoms with Gasteiger partial charge in [-0.05, 0) is 49.0 Å². The summed E-state index contributed by atoms with van der Waals surface area (Å²) < 4.78 is 5.77. The molecule has 1 amide bonds. The molecule has 0 saturated heterocycles. The summed E-state index contributed by atoms with van der Waals surface area (Å²) in [5, 5.41) is 8.48. The molecule has 0 bridgehead atoms. The van der Waals surface area contributed by atoms with Crippen molar-refractivity contribution in [1.29, 1.82) is 0 Å².